The number of aromatic amines is 1. The van der Waals surface area contributed by atoms with Crippen molar-refractivity contribution in [3.05, 3.63) is 47.7 Å². The van der Waals surface area contributed by atoms with E-state index in [9.17, 15) is 4.79 Å². The Morgan fingerprint density at radius 1 is 1.53 bits per heavy atom. The molecule has 4 nitrogen and oxygen atoms in total. The minimum absolute atomic E-state index is 0.336. The van der Waals surface area contributed by atoms with Gasteiger partial charge in [-0.1, -0.05) is 18.2 Å². The molecule has 0 aliphatic rings. The number of benzene rings is 1. The van der Waals surface area contributed by atoms with E-state index in [4.69, 9.17) is 10.8 Å². The fourth-order valence-electron chi connectivity index (χ4n) is 2.10. The van der Waals surface area contributed by atoms with Crippen LogP contribution in [0.5, 0.6) is 0 Å². The highest BCUT2D eigenvalue weighted by molar-refractivity contribution is 5.85. The Morgan fingerprint density at radius 3 is 3.00 bits per heavy atom. The SMILES string of the molecule is C/C=C/Cc1ccc2[nH]cc(C[C@H](N)C(=O)O)c2c1. The summed E-state index contributed by atoms with van der Waals surface area (Å²) in [5.41, 5.74) is 8.76. The molecule has 0 spiro atoms. The number of hydrogen-bond acceptors (Lipinski definition) is 2. The molecular formula is C15H18N2O2. The number of fused-ring (bicyclic) bond motifs is 1. The van der Waals surface area contributed by atoms with Gasteiger partial charge in [0.05, 0.1) is 0 Å². The van der Waals surface area contributed by atoms with Crippen LogP contribution in [0.15, 0.2) is 36.5 Å². The molecule has 2 rings (SSSR count). The van der Waals surface area contributed by atoms with Gasteiger partial charge in [0.25, 0.3) is 0 Å². The van der Waals surface area contributed by atoms with E-state index >= 15 is 0 Å². The second-order valence-electron chi connectivity index (χ2n) is 4.62. The number of aliphatic carboxylic acids is 1. The van der Waals surface area contributed by atoms with Crippen LogP contribution in [0.25, 0.3) is 10.9 Å². The third-order valence-corrected chi connectivity index (χ3v) is 3.18. The maximum absolute atomic E-state index is 10.8. The van der Waals surface area contributed by atoms with Crippen molar-refractivity contribution < 1.29 is 9.90 Å². The fraction of sp³-hybridized carbons (Fsp3) is 0.267. The lowest BCUT2D eigenvalue weighted by Crippen LogP contribution is -2.32. The van der Waals surface area contributed by atoms with E-state index in [1.165, 1.54) is 5.56 Å². The summed E-state index contributed by atoms with van der Waals surface area (Å²) in [6, 6.07) is 5.32. The van der Waals surface area contributed by atoms with Crippen LogP contribution in [-0.2, 0) is 17.6 Å². The second kappa shape index (κ2) is 5.71. The van der Waals surface area contributed by atoms with Crippen molar-refractivity contribution in [2.75, 3.05) is 0 Å². The number of hydrogen-bond donors (Lipinski definition) is 3. The van der Waals surface area contributed by atoms with E-state index in [-0.39, 0.29) is 0 Å². The van der Waals surface area contributed by atoms with Crippen molar-refractivity contribution >= 4 is 16.9 Å². The van der Waals surface area contributed by atoms with Crippen LogP contribution in [0.1, 0.15) is 18.1 Å². The van der Waals surface area contributed by atoms with Crippen molar-refractivity contribution in [1.82, 2.24) is 4.98 Å². The summed E-state index contributed by atoms with van der Waals surface area (Å²) in [4.78, 5) is 14.0. The number of allylic oxidation sites excluding steroid dienone is 2. The monoisotopic (exact) mass is 258 g/mol. The number of carboxylic acids is 1. The number of carbonyl (C=O) groups is 1. The Balaban J connectivity index is 2.31. The van der Waals surface area contributed by atoms with Gasteiger partial charge >= 0.3 is 5.97 Å². The van der Waals surface area contributed by atoms with E-state index in [0.717, 1.165) is 22.9 Å². The zero-order chi connectivity index (χ0) is 13.8. The Hall–Kier alpha value is -2.07. The number of rotatable bonds is 5. The topological polar surface area (TPSA) is 79.1 Å². The van der Waals surface area contributed by atoms with Crippen molar-refractivity contribution in [3.63, 3.8) is 0 Å². The summed E-state index contributed by atoms with van der Waals surface area (Å²) in [6.07, 6.45) is 7.16. The number of nitrogens with two attached hydrogens (primary N) is 1. The lowest BCUT2D eigenvalue weighted by atomic mass is 10.0. The van der Waals surface area contributed by atoms with Gasteiger partial charge in [-0.25, -0.2) is 0 Å². The molecule has 0 aliphatic carbocycles. The maximum atomic E-state index is 10.8. The van der Waals surface area contributed by atoms with Gasteiger partial charge in [-0.05, 0) is 36.6 Å². The molecule has 0 fully saturated rings. The van der Waals surface area contributed by atoms with Gasteiger partial charge in [-0.2, -0.15) is 0 Å². The highest BCUT2D eigenvalue weighted by Crippen LogP contribution is 2.21. The molecule has 0 saturated carbocycles. The molecule has 2 aromatic rings. The molecule has 0 bridgehead atoms. The smallest absolute Gasteiger partial charge is 0.320 e. The molecule has 4 heteroatoms. The zero-order valence-electron chi connectivity index (χ0n) is 10.9. The lowest BCUT2D eigenvalue weighted by molar-refractivity contribution is -0.138. The average molecular weight is 258 g/mol. The van der Waals surface area contributed by atoms with Crippen molar-refractivity contribution in [2.45, 2.75) is 25.8 Å². The van der Waals surface area contributed by atoms with Crippen LogP contribution in [0.3, 0.4) is 0 Å². The van der Waals surface area contributed by atoms with Crippen molar-refractivity contribution in [1.29, 1.82) is 0 Å². The quantitative estimate of drug-likeness (QED) is 0.720. The van der Waals surface area contributed by atoms with Crippen LogP contribution in [0.2, 0.25) is 0 Å². The Bertz CT molecular complexity index is 614. The first-order chi connectivity index (χ1) is 9.11. The van der Waals surface area contributed by atoms with E-state index < -0.39 is 12.0 Å². The number of H-pyrrole nitrogens is 1. The molecule has 1 atom stereocenters. The van der Waals surface area contributed by atoms with Gasteiger partial charge in [0.1, 0.15) is 6.04 Å². The Labute approximate surface area is 111 Å². The maximum Gasteiger partial charge on any atom is 0.320 e. The van der Waals surface area contributed by atoms with E-state index in [2.05, 4.69) is 23.2 Å². The highest BCUT2D eigenvalue weighted by atomic mass is 16.4. The van der Waals surface area contributed by atoms with Gasteiger partial charge in [0.2, 0.25) is 0 Å². The summed E-state index contributed by atoms with van der Waals surface area (Å²) in [6.45, 7) is 1.99. The van der Waals surface area contributed by atoms with Crippen LogP contribution in [-0.4, -0.2) is 22.1 Å². The first-order valence-corrected chi connectivity index (χ1v) is 6.30. The summed E-state index contributed by atoms with van der Waals surface area (Å²) < 4.78 is 0. The first kappa shape index (κ1) is 13.4. The summed E-state index contributed by atoms with van der Waals surface area (Å²) in [7, 11) is 0. The average Bonchev–Trinajstić information content (AvgIpc) is 2.79. The molecule has 100 valence electrons. The normalized spacial score (nSPS) is 13.2. The van der Waals surface area contributed by atoms with Crippen molar-refractivity contribution in [2.24, 2.45) is 5.73 Å². The zero-order valence-corrected chi connectivity index (χ0v) is 10.9. The molecule has 0 saturated heterocycles. The van der Waals surface area contributed by atoms with E-state index in [1.54, 1.807) is 0 Å². The third-order valence-electron chi connectivity index (χ3n) is 3.18. The number of aromatic nitrogens is 1. The minimum Gasteiger partial charge on any atom is -0.480 e. The van der Waals surface area contributed by atoms with Crippen LogP contribution in [0.4, 0.5) is 0 Å². The number of nitrogens with one attached hydrogen (secondary N) is 1. The van der Waals surface area contributed by atoms with Gasteiger partial charge in [0.15, 0.2) is 0 Å². The van der Waals surface area contributed by atoms with Crippen LogP contribution < -0.4 is 5.73 Å². The molecule has 4 N–H and O–H groups in total. The minimum atomic E-state index is -0.973. The molecule has 0 unspecified atom stereocenters. The largest absolute Gasteiger partial charge is 0.480 e. The molecule has 0 amide bonds. The molecule has 19 heavy (non-hydrogen) atoms. The highest BCUT2D eigenvalue weighted by Gasteiger charge is 2.14. The van der Waals surface area contributed by atoms with Gasteiger partial charge in [-0.3, -0.25) is 4.79 Å². The Morgan fingerprint density at radius 2 is 2.32 bits per heavy atom. The van der Waals surface area contributed by atoms with Crippen LogP contribution in [0, 0.1) is 0 Å². The van der Waals surface area contributed by atoms with E-state index in [1.807, 2.05) is 25.3 Å². The summed E-state index contributed by atoms with van der Waals surface area (Å²) >= 11 is 0. The van der Waals surface area contributed by atoms with Gasteiger partial charge < -0.3 is 15.8 Å². The molecule has 1 aromatic carbocycles. The molecule has 0 aliphatic heterocycles. The van der Waals surface area contributed by atoms with Crippen molar-refractivity contribution in [3.8, 4) is 0 Å². The van der Waals surface area contributed by atoms with Gasteiger partial charge in [-0.15, -0.1) is 0 Å². The second-order valence-corrected chi connectivity index (χ2v) is 4.62. The van der Waals surface area contributed by atoms with Crippen LogP contribution >= 0.6 is 0 Å². The fourth-order valence-corrected chi connectivity index (χ4v) is 2.10. The lowest BCUT2D eigenvalue weighted by Gasteiger charge is -2.05. The third kappa shape index (κ3) is 3.03. The molecule has 0 radical (unpaired) electrons. The Kier molecular flexibility index (Phi) is 4.02. The van der Waals surface area contributed by atoms with E-state index in [0.29, 0.717) is 6.42 Å². The molecule has 1 aromatic heterocycles. The summed E-state index contributed by atoms with van der Waals surface area (Å²) in [5.74, 6) is -0.973. The predicted molar refractivity (Wildman–Crippen MR) is 76.1 cm³/mol. The predicted octanol–water partition coefficient (Wildman–Crippen LogP) is 2.24. The molecule has 1 heterocycles. The standard InChI is InChI=1S/C15H18N2O2/c1-2-3-4-10-5-6-14-12(7-10)11(9-17-14)8-13(16)15(18)19/h2-3,5-7,9,13,17H,4,8,16H2,1H3,(H,18,19)/b3-2+/t13-/m0/s1. The first-order valence-electron chi connectivity index (χ1n) is 6.30. The number of carboxylic acid groups (broad SMARTS) is 1. The summed E-state index contributed by atoms with van der Waals surface area (Å²) in [5, 5.41) is 9.93. The molecular weight excluding hydrogens is 240 g/mol. The van der Waals surface area contributed by atoms with Gasteiger partial charge in [0, 0.05) is 23.5 Å².